The van der Waals surface area contributed by atoms with Crippen molar-refractivity contribution in [3.63, 3.8) is 0 Å². The van der Waals surface area contributed by atoms with Crippen LogP contribution in [0.3, 0.4) is 0 Å². The highest BCUT2D eigenvalue weighted by atomic mass is 16.4. The number of carbonyl (C=O) groups is 3. The van der Waals surface area contributed by atoms with Crippen LogP contribution in [0.5, 0.6) is 0 Å². The fraction of sp³-hybridized carbons (Fsp3) is 0.318. The van der Waals surface area contributed by atoms with E-state index in [-0.39, 0.29) is 35.9 Å². The third kappa shape index (κ3) is 3.76. The Morgan fingerprint density at radius 2 is 1.79 bits per heavy atom. The van der Waals surface area contributed by atoms with E-state index in [2.05, 4.69) is 17.4 Å². The summed E-state index contributed by atoms with van der Waals surface area (Å²) >= 11 is 0. The smallest absolute Gasteiger partial charge is 0.335 e. The fourth-order valence-corrected chi connectivity index (χ4v) is 4.07. The molecule has 0 spiro atoms. The van der Waals surface area contributed by atoms with Crippen molar-refractivity contribution < 1.29 is 19.5 Å². The number of rotatable bonds is 6. The first-order valence-corrected chi connectivity index (χ1v) is 9.48. The van der Waals surface area contributed by atoms with Crippen molar-refractivity contribution in [2.45, 2.75) is 37.3 Å². The Balaban J connectivity index is 1.34. The predicted octanol–water partition coefficient (Wildman–Crippen LogP) is 2.20. The molecule has 144 valence electrons. The second kappa shape index (κ2) is 7.46. The Kier molecular flexibility index (Phi) is 4.86. The molecule has 3 atom stereocenters. The van der Waals surface area contributed by atoms with Crippen LogP contribution < -0.4 is 5.32 Å². The average Bonchev–Trinajstić information content (AvgIpc) is 3.39. The van der Waals surface area contributed by atoms with E-state index in [1.165, 1.54) is 11.6 Å². The fourth-order valence-electron chi connectivity index (χ4n) is 4.07. The first kappa shape index (κ1) is 18.2. The number of likely N-dealkylation sites (tertiary alicyclic amines) is 1. The molecule has 2 aromatic rings. The average molecular weight is 378 g/mol. The summed E-state index contributed by atoms with van der Waals surface area (Å²) in [5.41, 5.74) is 1.85. The molecule has 2 aromatic carbocycles. The minimum absolute atomic E-state index is 0.0107. The number of hydrogen-bond acceptors (Lipinski definition) is 3. The summed E-state index contributed by atoms with van der Waals surface area (Å²) in [6, 6.07) is 16.6. The Labute approximate surface area is 163 Å². The monoisotopic (exact) mass is 378 g/mol. The van der Waals surface area contributed by atoms with Gasteiger partial charge in [-0.25, -0.2) is 4.79 Å². The summed E-state index contributed by atoms with van der Waals surface area (Å²) in [6.07, 6.45) is 1.25. The van der Waals surface area contributed by atoms with Crippen LogP contribution >= 0.6 is 0 Å². The lowest BCUT2D eigenvalue weighted by molar-refractivity contribution is -0.128. The zero-order valence-corrected chi connectivity index (χ0v) is 15.4. The quantitative estimate of drug-likeness (QED) is 0.807. The number of aromatic carboxylic acids is 1. The van der Waals surface area contributed by atoms with Crippen molar-refractivity contribution in [3.05, 3.63) is 71.3 Å². The van der Waals surface area contributed by atoms with Crippen molar-refractivity contribution in [1.29, 1.82) is 0 Å². The summed E-state index contributed by atoms with van der Waals surface area (Å²) in [6.45, 7) is 0.513. The molecule has 2 aliphatic rings. The van der Waals surface area contributed by atoms with Crippen LogP contribution in [-0.2, 0) is 16.0 Å². The molecule has 1 aliphatic heterocycles. The van der Waals surface area contributed by atoms with Crippen LogP contribution in [0.4, 0.5) is 0 Å². The molecule has 2 amide bonds. The normalized spacial score (nSPS) is 23.5. The van der Waals surface area contributed by atoms with Crippen molar-refractivity contribution in [2.24, 2.45) is 0 Å². The summed E-state index contributed by atoms with van der Waals surface area (Å²) in [4.78, 5) is 38.0. The van der Waals surface area contributed by atoms with Crippen molar-refractivity contribution in [3.8, 4) is 0 Å². The molecule has 0 bridgehead atoms. The second-order valence-electron chi connectivity index (χ2n) is 7.47. The molecule has 6 nitrogen and oxygen atoms in total. The van der Waals surface area contributed by atoms with E-state index >= 15 is 0 Å². The van der Waals surface area contributed by atoms with Gasteiger partial charge in [0.2, 0.25) is 11.8 Å². The topological polar surface area (TPSA) is 86.7 Å². The molecule has 1 heterocycles. The van der Waals surface area contributed by atoms with Crippen LogP contribution in [0.15, 0.2) is 54.6 Å². The van der Waals surface area contributed by atoms with Gasteiger partial charge in [0.15, 0.2) is 0 Å². The largest absolute Gasteiger partial charge is 0.478 e. The number of nitrogens with zero attached hydrogens (tertiary/aromatic N) is 1. The van der Waals surface area contributed by atoms with Gasteiger partial charge in [0.25, 0.3) is 0 Å². The molecule has 2 fully saturated rings. The van der Waals surface area contributed by atoms with E-state index in [0.29, 0.717) is 24.4 Å². The first-order valence-electron chi connectivity index (χ1n) is 9.48. The zero-order chi connectivity index (χ0) is 19.7. The van der Waals surface area contributed by atoms with Crippen molar-refractivity contribution in [1.82, 2.24) is 10.2 Å². The zero-order valence-electron chi connectivity index (χ0n) is 15.4. The summed E-state index contributed by atoms with van der Waals surface area (Å²) < 4.78 is 0. The minimum atomic E-state index is -1.05. The number of hydrogen-bond donors (Lipinski definition) is 2. The van der Waals surface area contributed by atoms with Crippen LogP contribution in [0.2, 0.25) is 0 Å². The highest BCUT2D eigenvalue weighted by Gasteiger charge is 2.47. The van der Waals surface area contributed by atoms with E-state index in [1.54, 1.807) is 18.2 Å². The molecule has 28 heavy (non-hydrogen) atoms. The molecule has 1 saturated carbocycles. The molecular weight excluding hydrogens is 356 g/mol. The van der Waals surface area contributed by atoms with Gasteiger partial charge in [-0.05, 0) is 23.6 Å². The van der Waals surface area contributed by atoms with E-state index in [1.807, 2.05) is 23.1 Å². The summed E-state index contributed by atoms with van der Waals surface area (Å²) in [5.74, 6) is -0.864. The van der Waals surface area contributed by atoms with Crippen molar-refractivity contribution in [2.75, 3.05) is 6.54 Å². The standard InChI is InChI=1S/C22H22N2O4/c25-20(10-15-8-4-5-9-17(15)22(27)28)23-16-11-21(26)24(13-16)19-12-18(19)14-6-2-1-3-7-14/h1-9,16,18-19H,10-13H2,(H,23,25)(H,27,28). The highest BCUT2D eigenvalue weighted by Crippen LogP contribution is 2.45. The third-order valence-electron chi connectivity index (χ3n) is 5.51. The van der Waals surface area contributed by atoms with Gasteiger partial charge in [-0.1, -0.05) is 48.5 Å². The third-order valence-corrected chi connectivity index (χ3v) is 5.51. The molecule has 0 radical (unpaired) electrons. The summed E-state index contributed by atoms with van der Waals surface area (Å²) in [7, 11) is 0. The molecule has 1 aliphatic carbocycles. The maximum atomic E-state index is 12.4. The molecule has 3 unspecified atom stereocenters. The second-order valence-corrected chi connectivity index (χ2v) is 7.47. The van der Waals surface area contributed by atoms with Gasteiger partial charge in [0.1, 0.15) is 0 Å². The van der Waals surface area contributed by atoms with E-state index in [4.69, 9.17) is 0 Å². The Morgan fingerprint density at radius 3 is 2.54 bits per heavy atom. The highest BCUT2D eigenvalue weighted by molar-refractivity contribution is 5.92. The predicted molar refractivity (Wildman–Crippen MR) is 103 cm³/mol. The molecule has 1 saturated heterocycles. The van der Waals surface area contributed by atoms with Gasteiger partial charge in [-0.3, -0.25) is 9.59 Å². The van der Waals surface area contributed by atoms with Gasteiger partial charge < -0.3 is 15.3 Å². The summed E-state index contributed by atoms with van der Waals surface area (Å²) in [5, 5.41) is 12.1. The van der Waals surface area contributed by atoms with Gasteiger partial charge in [-0.2, -0.15) is 0 Å². The molecular formula is C22H22N2O4. The maximum absolute atomic E-state index is 12.4. The Bertz CT molecular complexity index is 912. The van der Waals surface area contributed by atoms with E-state index in [0.717, 1.165) is 6.42 Å². The van der Waals surface area contributed by atoms with Crippen LogP contribution in [-0.4, -0.2) is 46.4 Å². The number of benzene rings is 2. The Hall–Kier alpha value is -3.15. The number of carbonyl (C=O) groups excluding carboxylic acids is 2. The van der Waals surface area contributed by atoms with Gasteiger partial charge in [0.05, 0.1) is 18.0 Å². The van der Waals surface area contributed by atoms with Crippen LogP contribution in [0.1, 0.15) is 40.2 Å². The lowest BCUT2D eigenvalue weighted by Crippen LogP contribution is -2.38. The molecule has 4 rings (SSSR count). The van der Waals surface area contributed by atoms with Crippen molar-refractivity contribution >= 4 is 17.8 Å². The number of carboxylic acid groups (broad SMARTS) is 1. The SMILES string of the molecule is O=C(Cc1ccccc1C(=O)O)NC1CC(=O)N(C2CC2c2ccccc2)C1. The van der Waals surface area contributed by atoms with E-state index in [9.17, 15) is 19.5 Å². The number of amides is 2. The maximum Gasteiger partial charge on any atom is 0.335 e. The number of nitrogens with one attached hydrogen (secondary N) is 1. The van der Waals surface area contributed by atoms with Gasteiger partial charge >= 0.3 is 5.97 Å². The van der Waals surface area contributed by atoms with Gasteiger partial charge in [0, 0.05) is 24.9 Å². The van der Waals surface area contributed by atoms with E-state index < -0.39 is 5.97 Å². The van der Waals surface area contributed by atoms with Crippen LogP contribution in [0, 0.1) is 0 Å². The lowest BCUT2D eigenvalue weighted by atomic mass is 10.0. The minimum Gasteiger partial charge on any atom is -0.478 e. The van der Waals surface area contributed by atoms with Crippen LogP contribution in [0.25, 0.3) is 0 Å². The first-order chi connectivity index (χ1) is 13.5. The van der Waals surface area contributed by atoms with Gasteiger partial charge in [-0.15, -0.1) is 0 Å². The molecule has 2 N–H and O–H groups in total. The molecule has 6 heteroatoms. The molecule has 0 aromatic heterocycles. The Morgan fingerprint density at radius 1 is 1.07 bits per heavy atom. The number of carboxylic acids is 1. The lowest BCUT2D eigenvalue weighted by Gasteiger charge is -2.17.